The van der Waals surface area contributed by atoms with Gasteiger partial charge in [-0.15, -0.1) is 0 Å². The molecule has 1 atom stereocenters. The van der Waals surface area contributed by atoms with E-state index in [1.165, 1.54) is 12.1 Å². The molecule has 0 aliphatic carbocycles. The highest BCUT2D eigenvalue weighted by Crippen LogP contribution is 2.44. The molecule has 0 saturated carbocycles. The van der Waals surface area contributed by atoms with Crippen molar-refractivity contribution in [3.05, 3.63) is 128 Å². The fraction of sp³-hybridized carbons (Fsp3) is 0.176. The molecule has 4 aromatic rings. The Morgan fingerprint density at radius 1 is 0.955 bits per heavy atom. The number of unbranched alkanes of at least 4 members (excludes halogenated alkanes) is 1. The minimum atomic E-state index is -0.673. The Hall–Kier alpha value is -4.35. The summed E-state index contributed by atoms with van der Waals surface area (Å²) in [6.45, 7) is 2.85. The van der Waals surface area contributed by atoms with E-state index in [9.17, 15) is 10.1 Å². The highest BCUT2D eigenvalue weighted by molar-refractivity contribution is 6.37. The molecular formula is C34H27Cl3N2O5. The molecular weight excluding hydrogens is 623 g/mol. The molecule has 0 aromatic heterocycles. The van der Waals surface area contributed by atoms with Crippen LogP contribution in [0.5, 0.6) is 23.0 Å². The topological polar surface area (TPSA) is 104 Å². The van der Waals surface area contributed by atoms with Crippen LogP contribution in [0.3, 0.4) is 0 Å². The number of halogens is 3. The lowest BCUT2D eigenvalue weighted by atomic mass is 9.83. The number of ether oxygens (including phenoxy) is 4. The summed E-state index contributed by atoms with van der Waals surface area (Å²) in [6, 6.07) is 24.8. The Balaban J connectivity index is 1.37. The lowest BCUT2D eigenvalue weighted by Gasteiger charge is -2.27. The highest BCUT2D eigenvalue weighted by Gasteiger charge is 2.31. The first-order chi connectivity index (χ1) is 21.3. The summed E-state index contributed by atoms with van der Waals surface area (Å²) in [4.78, 5) is 13.0. The normalized spacial score (nSPS) is 13.8. The van der Waals surface area contributed by atoms with Crippen LogP contribution in [-0.2, 0) is 6.61 Å². The number of benzene rings is 4. The van der Waals surface area contributed by atoms with Gasteiger partial charge in [0.15, 0.2) is 5.75 Å². The van der Waals surface area contributed by atoms with Gasteiger partial charge in [0.25, 0.3) is 0 Å². The average Bonchev–Trinajstić information content (AvgIpc) is 3.01. The molecule has 5 rings (SSSR count). The lowest BCUT2D eigenvalue weighted by molar-refractivity contribution is 0.0734. The van der Waals surface area contributed by atoms with Gasteiger partial charge in [0.2, 0.25) is 5.88 Å². The Morgan fingerprint density at radius 3 is 2.41 bits per heavy atom. The van der Waals surface area contributed by atoms with Crippen molar-refractivity contribution in [2.75, 3.05) is 6.61 Å². The van der Waals surface area contributed by atoms with Gasteiger partial charge in [-0.25, -0.2) is 4.79 Å². The van der Waals surface area contributed by atoms with Gasteiger partial charge in [-0.05, 0) is 60.0 Å². The van der Waals surface area contributed by atoms with Crippen LogP contribution in [0.15, 0.2) is 90.3 Å². The van der Waals surface area contributed by atoms with Crippen LogP contribution in [0.25, 0.3) is 0 Å². The van der Waals surface area contributed by atoms with Crippen LogP contribution in [0, 0.1) is 11.3 Å². The SMILES string of the molecule is CCCCOc1c(Cl)cc(C(=O)Oc2ccc3c(c2)OC(N)=C(C#N)C3c2cccc(OCc3ccc(Cl)cc3)c2)cc1Cl. The zero-order chi connectivity index (χ0) is 31.2. The molecule has 2 N–H and O–H groups in total. The van der Waals surface area contributed by atoms with E-state index in [2.05, 4.69) is 6.07 Å². The Labute approximate surface area is 270 Å². The Kier molecular flexibility index (Phi) is 9.86. The van der Waals surface area contributed by atoms with Gasteiger partial charge in [0.05, 0.1) is 28.1 Å². The van der Waals surface area contributed by atoms with Gasteiger partial charge in [-0.3, -0.25) is 0 Å². The van der Waals surface area contributed by atoms with E-state index < -0.39 is 11.9 Å². The number of rotatable bonds is 10. The molecule has 0 bridgehead atoms. The van der Waals surface area contributed by atoms with Crippen molar-refractivity contribution in [1.82, 2.24) is 0 Å². The maximum atomic E-state index is 13.0. The summed E-state index contributed by atoms with van der Waals surface area (Å²) in [5, 5.41) is 11.0. The third-order valence-corrected chi connectivity index (χ3v) is 7.70. The van der Waals surface area contributed by atoms with Crippen molar-refractivity contribution >= 4 is 40.8 Å². The van der Waals surface area contributed by atoms with Gasteiger partial charge in [0, 0.05) is 16.7 Å². The van der Waals surface area contributed by atoms with Crippen molar-refractivity contribution in [2.45, 2.75) is 32.3 Å². The van der Waals surface area contributed by atoms with Crippen LogP contribution >= 0.6 is 34.8 Å². The minimum Gasteiger partial charge on any atom is -0.490 e. The first-order valence-corrected chi connectivity index (χ1v) is 14.9. The second-order valence-corrected chi connectivity index (χ2v) is 11.2. The summed E-state index contributed by atoms with van der Waals surface area (Å²) in [7, 11) is 0. The molecule has 7 nitrogen and oxygen atoms in total. The first kappa shape index (κ1) is 31.1. The quantitative estimate of drug-likeness (QED) is 0.104. The molecule has 0 saturated heterocycles. The third kappa shape index (κ3) is 7.06. The fourth-order valence-electron chi connectivity index (χ4n) is 4.67. The molecule has 44 heavy (non-hydrogen) atoms. The minimum absolute atomic E-state index is 0.0433. The first-order valence-electron chi connectivity index (χ1n) is 13.8. The van der Waals surface area contributed by atoms with E-state index in [1.807, 2.05) is 43.3 Å². The monoisotopic (exact) mass is 648 g/mol. The molecule has 4 aromatic carbocycles. The van der Waals surface area contributed by atoms with Crippen LogP contribution < -0.4 is 24.7 Å². The molecule has 1 aliphatic heterocycles. The van der Waals surface area contributed by atoms with Gasteiger partial charge in [-0.2, -0.15) is 5.26 Å². The standard InChI is InChI=1S/C34H27Cl3N2O5/c1-2-3-13-41-32-28(36)15-22(16-29(32)37)34(40)43-25-11-12-26-30(17-25)44-33(39)27(18-38)31(26)21-5-4-6-24(14-21)42-19-20-7-9-23(35)10-8-20/h4-12,14-17,31H,2-3,13,19,39H2,1H3. The third-order valence-electron chi connectivity index (χ3n) is 6.89. The molecule has 0 spiro atoms. The largest absolute Gasteiger partial charge is 0.490 e. The summed E-state index contributed by atoms with van der Waals surface area (Å²) in [5.41, 5.74) is 9.01. The van der Waals surface area contributed by atoms with Gasteiger partial charge < -0.3 is 24.7 Å². The van der Waals surface area contributed by atoms with Crippen LogP contribution in [-0.4, -0.2) is 12.6 Å². The number of hydrogen-bond acceptors (Lipinski definition) is 7. The molecule has 1 unspecified atom stereocenters. The van der Waals surface area contributed by atoms with E-state index in [4.69, 9.17) is 59.5 Å². The van der Waals surface area contributed by atoms with E-state index >= 15 is 0 Å². The van der Waals surface area contributed by atoms with E-state index in [0.717, 1.165) is 24.0 Å². The van der Waals surface area contributed by atoms with Crippen LogP contribution in [0.2, 0.25) is 15.1 Å². The predicted octanol–water partition coefficient (Wildman–Crippen LogP) is 8.84. The van der Waals surface area contributed by atoms with Gasteiger partial charge >= 0.3 is 5.97 Å². The van der Waals surface area contributed by atoms with Crippen molar-refractivity contribution in [3.63, 3.8) is 0 Å². The summed E-state index contributed by atoms with van der Waals surface area (Å²) in [6.07, 6.45) is 1.80. The maximum absolute atomic E-state index is 13.0. The fourth-order valence-corrected chi connectivity index (χ4v) is 5.40. The number of nitrogens with zero attached hydrogens (tertiary/aromatic N) is 1. The summed E-state index contributed by atoms with van der Waals surface area (Å²) < 4.78 is 23.1. The van der Waals surface area contributed by atoms with E-state index in [0.29, 0.717) is 41.0 Å². The number of nitriles is 1. The molecule has 0 radical (unpaired) electrons. The number of fused-ring (bicyclic) bond motifs is 1. The maximum Gasteiger partial charge on any atom is 0.343 e. The van der Waals surface area contributed by atoms with Crippen LogP contribution in [0.4, 0.5) is 0 Å². The second-order valence-electron chi connectivity index (χ2n) is 9.97. The molecule has 10 heteroatoms. The van der Waals surface area contributed by atoms with E-state index in [-0.39, 0.29) is 32.8 Å². The van der Waals surface area contributed by atoms with E-state index in [1.54, 1.807) is 30.3 Å². The molecule has 1 aliphatic rings. The van der Waals surface area contributed by atoms with Crippen molar-refractivity contribution in [3.8, 4) is 29.1 Å². The predicted molar refractivity (Wildman–Crippen MR) is 170 cm³/mol. The zero-order valence-corrected chi connectivity index (χ0v) is 25.9. The Morgan fingerprint density at radius 2 is 1.70 bits per heavy atom. The highest BCUT2D eigenvalue weighted by atomic mass is 35.5. The van der Waals surface area contributed by atoms with Gasteiger partial charge in [0.1, 0.15) is 35.5 Å². The van der Waals surface area contributed by atoms with Crippen LogP contribution in [0.1, 0.15) is 52.7 Å². The molecule has 0 fully saturated rings. The van der Waals surface area contributed by atoms with Crippen molar-refractivity contribution in [2.24, 2.45) is 5.73 Å². The molecule has 0 amide bonds. The average molecular weight is 650 g/mol. The number of esters is 1. The van der Waals surface area contributed by atoms with Crippen molar-refractivity contribution < 1.29 is 23.7 Å². The lowest BCUT2D eigenvalue weighted by Crippen LogP contribution is -2.21. The number of nitrogens with two attached hydrogens (primary N) is 1. The number of carbonyl (C=O) groups excluding carboxylic acids is 1. The zero-order valence-electron chi connectivity index (χ0n) is 23.6. The van der Waals surface area contributed by atoms with Gasteiger partial charge in [-0.1, -0.05) is 78.5 Å². The second kappa shape index (κ2) is 14.0. The summed E-state index contributed by atoms with van der Waals surface area (Å²) in [5.74, 6) is 0.237. The summed E-state index contributed by atoms with van der Waals surface area (Å²) >= 11 is 18.7. The van der Waals surface area contributed by atoms with Crippen molar-refractivity contribution in [1.29, 1.82) is 5.26 Å². The Bertz CT molecular complexity index is 1740. The number of allylic oxidation sites excluding steroid dienone is 1. The number of hydrogen-bond donors (Lipinski definition) is 1. The smallest absolute Gasteiger partial charge is 0.343 e. The molecule has 1 heterocycles. The number of carbonyl (C=O) groups is 1. The molecule has 224 valence electrons.